The molecule has 0 fully saturated rings. The number of carbonyl (C=O) groups is 1. The van der Waals surface area contributed by atoms with Crippen molar-refractivity contribution in [2.75, 3.05) is 13.2 Å². The topological polar surface area (TPSA) is 44.8 Å². The summed E-state index contributed by atoms with van der Waals surface area (Å²) in [4.78, 5) is 20.9. The van der Waals surface area contributed by atoms with E-state index in [1.54, 1.807) is 6.92 Å². The van der Waals surface area contributed by atoms with Crippen LogP contribution in [0.4, 0.5) is 4.79 Å². The summed E-state index contributed by atoms with van der Waals surface area (Å²) >= 11 is 0. The Bertz CT molecular complexity index is 166. The van der Waals surface area contributed by atoms with Gasteiger partial charge >= 0.3 is 13.9 Å². The Hall–Kier alpha value is -0.393. The zero-order valence-electron chi connectivity index (χ0n) is 9.46. The average molecular weight is 220 g/mol. The van der Waals surface area contributed by atoms with E-state index in [0.717, 1.165) is 12.5 Å². The fourth-order valence-electron chi connectivity index (χ4n) is 1.23. The van der Waals surface area contributed by atoms with Gasteiger partial charge in [-0.05, 0) is 26.4 Å². The molecule has 84 valence electrons. The molecular weight excluding hydrogens is 200 g/mol. The second kappa shape index (κ2) is 6.97. The first-order valence-electron chi connectivity index (χ1n) is 5.08. The van der Waals surface area contributed by atoms with Gasteiger partial charge in [0.25, 0.3) is 0 Å². The Morgan fingerprint density at radius 3 is 2.29 bits per heavy atom. The molecule has 0 rings (SSSR count). The van der Waals surface area contributed by atoms with Crippen LogP contribution < -0.4 is 0 Å². The third-order valence-electron chi connectivity index (χ3n) is 1.87. The molecular formula is C9H20O4Si. The van der Waals surface area contributed by atoms with E-state index < -0.39 is 8.32 Å². The van der Waals surface area contributed by atoms with Gasteiger partial charge in [-0.3, -0.25) is 4.79 Å². The minimum atomic E-state index is -2.38. The molecule has 0 bridgehead atoms. The average Bonchev–Trinajstić information content (AvgIpc) is 2.15. The molecule has 0 saturated carbocycles. The second-order valence-corrected chi connectivity index (χ2v) is 6.85. The Morgan fingerprint density at radius 2 is 1.86 bits per heavy atom. The predicted octanol–water partition coefficient (Wildman–Crippen LogP) is 2.68. The van der Waals surface area contributed by atoms with Crippen molar-refractivity contribution >= 4 is 13.9 Å². The van der Waals surface area contributed by atoms with Gasteiger partial charge in [0.1, 0.15) is 0 Å². The number of hydrogen-bond donors (Lipinski definition) is 0. The highest BCUT2D eigenvalue weighted by molar-refractivity contribution is 6.99. The van der Waals surface area contributed by atoms with Gasteiger partial charge < -0.3 is 9.31 Å². The standard InChI is InChI=1S/C9H20O4Si/c1-5-8-14(4,12-7-3)9(10)13-11-6-2/h5-8H2,1-4H3. The summed E-state index contributed by atoms with van der Waals surface area (Å²) in [7, 11) is -2.38. The van der Waals surface area contributed by atoms with E-state index in [0.29, 0.717) is 13.2 Å². The van der Waals surface area contributed by atoms with Crippen LogP contribution in [-0.2, 0) is 14.2 Å². The molecule has 1 atom stereocenters. The third-order valence-corrected chi connectivity index (χ3v) is 5.20. The molecule has 0 saturated heterocycles. The molecule has 0 aromatic heterocycles. The zero-order valence-corrected chi connectivity index (χ0v) is 10.5. The highest BCUT2D eigenvalue weighted by Gasteiger charge is 2.40. The molecule has 0 aromatic rings. The highest BCUT2D eigenvalue weighted by atomic mass is 28.4. The van der Waals surface area contributed by atoms with Crippen molar-refractivity contribution in [3.8, 4) is 0 Å². The lowest BCUT2D eigenvalue weighted by molar-refractivity contribution is -0.228. The first kappa shape index (κ1) is 13.6. The van der Waals surface area contributed by atoms with Crippen molar-refractivity contribution in [3.63, 3.8) is 0 Å². The molecule has 0 N–H and O–H groups in total. The monoisotopic (exact) mass is 220 g/mol. The van der Waals surface area contributed by atoms with Gasteiger partial charge in [0, 0.05) is 6.61 Å². The second-order valence-electron chi connectivity index (χ2n) is 3.19. The van der Waals surface area contributed by atoms with E-state index in [9.17, 15) is 4.79 Å². The van der Waals surface area contributed by atoms with E-state index in [1.165, 1.54) is 0 Å². The van der Waals surface area contributed by atoms with Gasteiger partial charge in [0.2, 0.25) is 0 Å². The van der Waals surface area contributed by atoms with Crippen LogP contribution in [0.5, 0.6) is 0 Å². The molecule has 1 unspecified atom stereocenters. The lowest BCUT2D eigenvalue weighted by atomic mass is 10.6. The summed E-state index contributed by atoms with van der Waals surface area (Å²) in [5.74, 6) is 0. The van der Waals surface area contributed by atoms with E-state index in [-0.39, 0.29) is 5.59 Å². The quantitative estimate of drug-likeness (QED) is 0.376. The fraction of sp³-hybridized carbons (Fsp3) is 0.889. The molecule has 14 heavy (non-hydrogen) atoms. The molecule has 0 spiro atoms. The minimum absolute atomic E-state index is 0.317. The van der Waals surface area contributed by atoms with Crippen molar-refractivity contribution in [1.29, 1.82) is 0 Å². The Kier molecular flexibility index (Phi) is 6.78. The molecule has 0 amide bonds. The van der Waals surface area contributed by atoms with Crippen LogP contribution in [0.1, 0.15) is 27.2 Å². The molecule has 0 aromatic carbocycles. The molecule has 0 aliphatic heterocycles. The van der Waals surface area contributed by atoms with Crippen LogP contribution in [0.15, 0.2) is 0 Å². The van der Waals surface area contributed by atoms with E-state index >= 15 is 0 Å². The van der Waals surface area contributed by atoms with Crippen LogP contribution in [0, 0.1) is 0 Å². The van der Waals surface area contributed by atoms with Crippen molar-refractivity contribution < 1.29 is 19.0 Å². The Labute approximate surface area is 86.6 Å². The number of rotatable bonds is 7. The third kappa shape index (κ3) is 4.21. The summed E-state index contributed by atoms with van der Waals surface area (Å²) in [6.07, 6.45) is 0.921. The summed E-state index contributed by atoms with van der Waals surface area (Å²) in [6.45, 7) is 8.46. The normalized spacial score (nSPS) is 14.9. The Morgan fingerprint density at radius 1 is 1.21 bits per heavy atom. The van der Waals surface area contributed by atoms with Gasteiger partial charge in [0.05, 0.1) is 6.61 Å². The summed E-state index contributed by atoms with van der Waals surface area (Å²) in [6, 6.07) is 0.771. The van der Waals surface area contributed by atoms with Crippen molar-refractivity contribution in [1.82, 2.24) is 0 Å². The van der Waals surface area contributed by atoms with Crippen LogP contribution in [0.25, 0.3) is 0 Å². The van der Waals surface area contributed by atoms with Crippen molar-refractivity contribution in [2.24, 2.45) is 0 Å². The molecule has 0 aliphatic rings. The summed E-state index contributed by atoms with van der Waals surface area (Å²) in [5.41, 5.74) is -0.317. The fourth-order valence-corrected chi connectivity index (χ4v) is 3.52. The smallest absolute Gasteiger partial charge is 0.340 e. The Balaban J connectivity index is 4.23. The lowest BCUT2D eigenvalue weighted by Crippen LogP contribution is -2.44. The lowest BCUT2D eigenvalue weighted by Gasteiger charge is -2.22. The van der Waals surface area contributed by atoms with Crippen LogP contribution >= 0.6 is 0 Å². The highest BCUT2D eigenvalue weighted by Crippen LogP contribution is 2.17. The SMILES string of the molecule is CCC[Si](C)(OCC)C(=O)OOCC. The van der Waals surface area contributed by atoms with E-state index in [1.807, 2.05) is 20.4 Å². The van der Waals surface area contributed by atoms with Gasteiger partial charge in [0.15, 0.2) is 0 Å². The van der Waals surface area contributed by atoms with Gasteiger partial charge in [-0.1, -0.05) is 13.3 Å². The zero-order chi connectivity index (χ0) is 11.0. The first-order chi connectivity index (χ1) is 6.60. The van der Waals surface area contributed by atoms with Crippen molar-refractivity contribution in [3.05, 3.63) is 0 Å². The van der Waals surface area contributed by atoms with E-state index in [4.69, 9.17) is 4.43 Å². The van der Waals surface area contributed by atoms with Crippen LogP contribution in [0.2, 0.25) is 12.6 Å². The maximum atomic E-state index is 11.6. The molecule has 0 aliphatic carbocycles. The molecule has 0 heterocycles. The summed E-state index contributed by atoms with van der Waals surface area (Å²) in [5, 5.41) is 0. The van der Waals surface area contributed by atoms with Crippen LogP contribution in [-0.4, -0.2) is 27.1 Å². The van der Waals surface area contributed by atoms with Gasteiger partial charge in [-0.25, -0.2) is 0 Å². The summed E-state index contributed by atoms with van der Waals surface area (Å²) < 4.78 is 5.51. The maximum absolute atomic E-state index is 11.6. The van der Waals surface area contributed by atoms with Gasteiger partial charge in [-0.15, -0.1) is 0 Å². The molecule has 4 nitrogen and oxygen atoms in total. The number of hydrogen-bond acceptors (Lipinski definition) is 4. The van der Waals surface area contributed by atoms with E-state index in [2.05, 4.69) is 9.78 Å². The minimum Gasteiger partial charge on any atom is -0.407 e. The van der Waals surface area contributed by atoms with Gasteiger partial charge in [-0.2, -0.15) is 4.89 Å². The first-order valence-corrected chi connectivity index (χ1v) is 7.70. The maximum Gasteiger partial charge on any atom is 0.340 e. The predicted molar refractivity (Wildman–Crippen MR) is 56.4 cm³/mol. The van der Waals surface area contributed by atoms with Crippen molar-refractivity contribution in [2.45, 2.75) is 39.8 Å². The number of carbonyl (C=O) groups excluding carboxylic acids is 1. The largest absolute Gasteiger partial charge is 0.407 e. The molecule has 5 heteroatoms. The molecule has 0 radical (unpaired) electrons. The van der Waals surface area contributed by atoms with Crippen LogP contribution in [0.3, 0.4) is 0 Å².